The van der Waals surface area contributed by atoms with Crippen LogP contribution in [0.1, 0.15) is 101 Å². The Hall–Kier alpha value is -2.13. The minimum absolute atomic E-state index is 0.119. The van der Waals surface area contributed by atoms with Crippen molar-refractivity contribution in [2.75, 3.05) is 0 Å². The van der Waals surface area contributed by atoms with Gasteiger partial charge in [-0.3, -0.25) is 4.79 Å². The fourth-order valence-electron chi connectivity index (χ4n) is 3.46. The summed E-state index contributed by atoms with van der Waals surface area (Å²) in [5, 5.41) is 10.4. The molecule has 1 N–H and O–H groups in total. The molecule has 0 radical (unpaired) electrons. The zero-order valence-corrected chi connectivity index (χ0v) is 19.1. The molecule has 0 spiro atoms. The number of aliphatic hydroxyl groups excluding tert-OH is 1. The molecule has 0 saturated carbocycles. The number of hydrogen-bond acceptors (Lipinski definition) is 3. The lowest BCUT2D eigenvalue weighted by Crippen LogP contribution is -2.19. The zero-order chi connectivity index (χ0) is 22.0. The molecule has 2 rings (SSSR count). The fraction of sp³-hybridized carbons (Fsp3) is 0.519. The molecular formula is C27H38O3. The minimum Gasteiger partial charge on any atom is -0.457 e. The van der Waals surface area contributed by atoms with E-state index in [-0.39, 0.29) is 5.78 Å². The van der Waals surface area contributed by atoms with Crippen LogP contribution in [0.4, 0.5) is 0 Å². The molecule has 0 saturated heterocycles. The maximum atomic E-state index is 12.3. The van der Waals surface area contributed by atoms with Gasteiger partial charge in [-0.25, -0.2) is 0 Å². The van der Waals surface area contributed by atoms with Gasteiger partial charge >= 0.3 is 0 Å². The lowest BCUT2D eigenvalue weighted by Gasteiger charge is -2.16. The summed E-state index contributed by atoms with van der Waals surface area (Å²) >= 11 is 0. The summed E-state index contributed by atoms with van der Waals surface area (Å²) in [6.45, 7) is 7.99. The van der Waals surface area contributed by atoms with Crippen LogP contribution < -0.4 is 4.74 Å². The molecule has 0 aliphatic heterocycles. The fourth-order valence-corrected chi connectivity index (χ4v) is 3.46. The van der Waals surface area contributed by atoms with Crippen LogP contribution in [0.25, 0.3) is 0 Å². The molecule has 0 aliphatic rings. The van der Waals surface area contributed by atoms with Gasteiger partial charge in [-0.15, -0.1) is 0 Å². The Morgan fingerprint density at radius 1 is 0.833 bits per heavy atom. The van der Waals surface area contributed by atoms with Crippen LogP contribution in [0.15, 0.2) is 48.5 Å². The van der Waals surface area contributed by atoms with Crippen LogP contribution >= 0.6 is 0 Å². The van der Waals surface area contributed by atoms with Crippen molar-refractivity contribution in [2.24, 2.45) is 5.41 Å². The Morgan fingerprint density at radius 2 is 1.33 bits per heavy atom. The van der Waals surface area contributed by atoms with Gasteiger partial charge < -0.3 is 9.84 Å². The molecule has 1 unspecified atom stereocenters. The molecule has 0 bridgehead atoms. The summed E-state index contributed by atoms with van der Waals surface area (Å²) in [6.07, 6.45) is 9.14. The number of carbonyl (C=O) groups excluding carboxylic acids is 1. The number of hydrogen-bond donors (Lipinski definition) is 1. The molecule has 30 heavy (non-hydrogen) atoms. The maximum Gasteiger partial charge on any atom is 0.168 e. The topological polar surface area (TPSA) is 46.5 Å². The molecule has 2 aromatic rings. The second kappa shape index (κ2) is 11.9. The van der Waals surface area contributed by atoms with E-state index < -0.39 is 11.5 Å². The van der Waals surface area contributed by atoms with Gasteiger partial charge in [0.25, 0.3) is 0 Å². The average Bonchev–Trinajstić information content (AvgIpc) is 2.73. The van der Waals surface area contributed by atoms with E-state index in [1.54, 1.807) is 0 Å². The number of benzene rings is 2. The van der Waals surface area contributed by atoms with Gasteiger partial charge in [-0.05, 0) is 48.4 Å². The molecule has 0 aromatic heterocycles. The first kappa shape index (κ1) is 24.1. The van der Waals surface area contributed by atoms with Crippen LogP contribution in [0.3, 0.4) is 0 Å². The van der Waals surface area contributed by atoms with Gasteiger partial charge in [0.15, 0.2) is 5.78 Å². The summed E-state index contributed by atoms with van der Waals surface area (Å²) in [4.78, 5) is 12.3. The summed E-state index contributed by atoms with van der Waals surface area (Å²) in [5.74, 6) is 1.53. The third-order valence-corrected chi connectivity index (χ3v) is 5.38. The number of Topliss-reactive ketones (excluding diaryl/α,β-unsaturated/α-hetero) is 1. The van der Waals surface area contributed by atoms with E-state index in [0.717, 1.165) is 24.2 Å². The van der Waals surface area contributed by atoms with Crippen molar-refractivity contribution in [1.82, 2.24) is 0 Å². The van der Waals surface area contributed by atoms with Crippen LogP contribution in [0.5, 0.6) is 11.5 Å². The van der Waals surface area contributed by atoms with Gasteiger partial charge in [0, 0.05) is 11.0 Å². The number of unbranched alkanes of at least 4 members (excludes halogenated alkanes) is 6. The third-order valence-electron chi connectivity index (χ3n) is 5.38. The van der Waals surface area contributed by atoms with Crippen LogP contribution in [0.2, 0.25) is 0 Å². The van der Waals surface area contributed by atoms with Gasteiger partial charge in [0.05, 0.1) is 6.10 Å². The number of ketones is 1. The summed E-state index contributed by atoms with van der Waals surface area (Å²) in [6, 6.07) is 14.9. The molecule has 0 heterocycles. The number of carbonyl (C=O) groups is 1. The molecule has 3 heteroatoms. The van der Waals surface area contributed by atoms with Gasteiger partial charge in [0.2, 0.25) is 0 Å². The first-order chi connectivity index (χ1) is 14.3. The van der Waals surface area contributed by atoms with E-state index in [1.165, 1.54) is 38.5 Å². The lowest BCUT2D eigenvalue weighted by atomic mass is 9.86. The van der Waals surface area contributed by atoms with E-state index >= 15 is 0 Å². The normalized spacial score (nSPS) is 12.6. The van der Waals surface area contributed by atoms with Crippen molar-refractivity contribution in [3.8, 4) is 11.5 Å². The first-order valence-corrected chi connectivity index (χ1v) is 11.4. The van der Waals surface area contributed by atoms with Gasteiger partial charge in [0.1, 0.15) is 11.5 Å². The number of ether oxygens (including phenoxy) is 1. The maximum absolute atomic E-state index is 12.3. The smallest absolute Gasteiger partial charge is 0.168 e. The summed E-state index contributed by atoms with van der Waals surface area (Å²) in [7, 11) is 0. The van der Waals surface area contributed by atoms with E-state index in [0.29, 0.717) is 11.3 Å². The highest BCUT2D eigenvalue weighted by Crippen LogP contribution is 2.27. The highest BCUT2D eigenvalue weighted by Gasteiger charge is 2.22. The summed E-state index contributed by atoms with van der Waals surface area (Å²) < 4.78 is 5.89. The first-order valence-electron chi connectivity index (χ1n) is 11.4. The van der Waals surface area contributed by atoms with Gasteiger partial charge in [-0.1, -0.05) is 84.8 Å². The van der Waals surface area contributed by atoms with Crippen molar-refractivity contribution >= 4 is 5.78 Å². The second-order valence-corrected chi connectivity index (χ2v) is 9.20. The van der Waals surface area contributed by atoms with E-state index in [1.807, 2.05) is 69.3 Å². The molecule has 0 fully saturated rings. The van der Waals surface area contributed by atoms with E-state index in [9.17, 15) is 9.90 Å². The van der Waals surface area contributed by atoms with Crippen LogP contribution in [-0.4, -0.2) is 10.9 Å². The lowest BCUT2D eigenvalue weighted by molar-refractivity contribution is 0.0858. The highest BCUT2D eigenvalue weighted by atomic mass is 16.5. The minimum atomic E-state index is -0.419. The predicted molar refractivity (Wildman–Crippen MR) is 124 cm³/mol. The van der Waals surface area contributed by atoms with E-state index in [4.69, 9.17) is 4.74 Å². The Balaban J connectivity index is 1.80. The largest absolute Gasteiger partial charge is 0.457 e. The zero-order valence-electron chi connectivity index (χ0n) is 19.1. The standard InChI is InChI=1S/C27H38O3/c1-5-6-7-8-9-10-11-12-25(28)21-13-17-23(18-14-21)30-24-19-15-22(16-20-24)26(29)27(2,3)4/h13-20,25,28H,5-12H2,1-4H3. The van der Waals surface area contributed by atoms with Crippen molar-refractivity contribution in [3.05, 3.63) is 59.7 Å². The average molecular weight is 411 g/mol. The molecule has 0 amide bonds. The molecule has 3 nitrogen and oxygen atoms in total. The Bertz CT molecular complexity index is 754. The summed E-state index contributed by atoms with van der Waals surface area (Å²) in [5.41, 5.74) is 1.23. The predicted octanol–water partition coefficient (Wildman–Crippen LogP) is 7.88. The number of rotatable bonds is 12. The molecular weight excluding hydrogens is 372 g/mol. The Kier molecular flexibility index (Phi) is 9.58. The van der Waals surface area contributed by atoms with Crippen molar-refractivity contribution < 1.29 is 14.6 Å². The molecule has 2 aromatic carbocycles. The molecule has 164 valence electrons. The SMILES string of the molecule is CCCCCCCCCC(O)c1ccc(Oc2ccc(C(=O)C(C)(C)C)cc2)cc1. The number of aliphatic hydroxyl groups is 1. The van der Waals surface area contributed by atoms with Crippen molar-refractivity contribution in [1.29, 1.82) is 0 Å². The Labute approximate surface area is 182 Å². The molecule has 1 atom stereocenters. The highest BCUT2D eigenvalue weighted by molar-refractivity contribution is 5.99. The van der Waals surface area contributed by atoms with Crippen LogP contribution in [0, 0.1) is 5.41 Å². The third kappa shape index (κ3) is 7.95. The molecule has 0 aliphatic carbocycles. The van der Waals surface area contributed by atoms with Crippen LogP contribution in [-0.2, 0) is 0 Å². The monoisotopic (exact) mass is 410 g/mol. The quantitative estimate of drug-likeness (QED) is 0.286. The van der Waals surface area contributed by atoms with Crippen molar-refractivity contribution in [2.45, 2.75) is 85.2 Å². The van der Waals surface area contributed by atoms with E-state index in [2.05, 4.69) is 6.92 Å². The Morgan fingerprint density at radius 3 is 1.87 bits per heavy atom. The van der Waals surface area contributed by atoms with Crippen molar-refractivity contribution in [3.63, 3.8) is 0 Å². The second-order valence-electron chi connectivity index (χ2n) is 9.20. The van der Waals surface area contributed by atoms with Gasteiger partial charge in [-0.2, -0.15) is 0 Å².